The fraction of sp³-hybridized carbons (Fsp3) is 0.302. The number of halogens is 6. The molecule has 4 aromatic rings. The number of aliphatic hydroxyl groups is 1. The Bertz CT molecular complexity index is 2310. The number of anilines is 2. The van der Waals surface area contributed by atoms with E-state index in [9.17, 15) is 45.8 Å². The molecule has 6 atom stereocenters. The average Bonchev–Trinajstić information content (AvgIpc) is 3.58. The molecule has 2 N–H and O–H groups in total. The van der Waals surface area contributed by atoms with Gasteiger partial charge in [-0.25, -0.2) is 4.90 Å². The summed E-state index contributed by atoms with van der Waals surface area (Å²) < 4.78 is 89.7. The second-order valence-corrected chi connectivity index (χ2v) is 15.0. The number of ether oxygens (including phenoxy) is 1. The van der Waals surface area contributed by atoms with Crippen molar-refractivity contribution in [2.24, 2.45) is 23.7 Å². The lowest BCUT2D eigenvalue weighted by atomic mass is 9.49. The first-order valence-electron chi connectivity index (χ1n) is 18.5. The van der Waals surface area contributed by atoms with E-state index in [2.05, 4.69) is 5.43 Å². The van der Waals surface area contributed by atoms with E-state index in [-0.39, 0.29) is 37.9 Å². The fourth-order valence-electron chi connectivity index (χ4n) is 9.42. The minimum absolute atomic E-state index is 0.0778. The minimum atomic E-state index is -5.24. The van der Waals surface area contributed by atoms with Gasteiger partial charge in [0.15, 0.2) is 0 Å². The van der Waals surface area contributed by atoms with E-state index in [1.54, 1.807) is 84.9 Å². The van der Waals surface area contributed by atoms with E-state index in [1.807, 2.05) is 6.92 Å². The topological polar surface area (TPSA) is 116 Å². The lowest BCUT2D eigenvalue weighted by Gasteiger charge is -2.50. The van der Waals surface area contributed by atoms with Crippen LogP contribution in [-0.4, -0.2) is 47.0 Å². The Kier molecular flexibility index (Phi) is 9.49. The Hall–Kier alpha value is -5.96. The van der Waals surface area contributed by atoms with Gasteiger partial charge in [0.2, 0.25) is 11.8 Å². The molecule has 2 saturated heterocycles. The van der Waals surface area contributed by atoms with Gasteiger partial charge in [-0.2, -0.15) is 31.4 Å². The van der Waals surface area contributed by atoms with Crippen molar-refractivity contribution >= 4 is 35.0 Å². The molecule has 0 aromatic heterocycles. The molecule has 4 amide bonds. The summed E-state index contributed by atoms with van der Waals surface area (Å²) >= 11 is 0. The zero-order valence-corrected chi connectivity index (χ0v) is 30.7. The molecule has 6 unspecified atom stereocenters. The zero-order valence-electron chi connectivity index (χ0n) is 30.7. The molecule has 0 bridgehead atoms. The third-order valence-corrected chi connectivity index (χ3v) is 11.8. The average molecular weight is 804 g/mol. The molecule has 8 rings (SSSR count). The highest BCUT2D eigenvalue weighted by molar-refractivity contribution is 6.22. The van der Waals surface area contributed by atoms with Crippen LogP contribution in [0, 0.1) is 30.6 Å². The number of aryl methyl sites for hydroxylation is 1. The van der Waals surface area contributed by atoms with Crippen LogP contribution in [0.15, 0.2) is 109 Å². The lowest BCUT2D eigenvalue weighted by molar-refractivity contribution is -0.143. The van der Waals surface area contributed by atoms with Crippen molar-refractivity contribution in [3.05, 3.63) is 137 Å². The number of imide groups is 2. The molecule has 3 fully saturated rings. The van der Waals surface area contributed by atoms with Gasteiger partial charge in [0.05, 0.1) is 52.3 Å². The monoisotopic (exact) mass is 803 g/mol. The van der Waals surface area contributed by atoms with Crippen molar-refractivity contribution in [3.63, 3.8) is 0 Å². The normalized spacial score (nSPS) is 25.7. The first-order valence-corrected chi connectivity index (χ1v) is 18.5. The molecule has 9 nitrogen and oxygen atoms in total. The number of hydrazine groups is 1. The Labute approximate surface area is 327 Å². The first kappa shape index (κ1) is 38.9. The van der Waals surface area contributed by atoms with Crippen LogP contribution in [-0.2, 0) is 36.9 Å². The standard InChI is InChI=1S/C43H35F6N3O6/c1-23-11-13-27(14-12-23)50-52-38(55)33-22-32-29(36(30-9-5-6-10-34(30)58-18-17-53)41(33,40(52)57)24-7-3-2-4-8-24)15-16-31-35(32)39(56)51(37(31)54)28-20-25(42(44,45)46)19-26(21-28)43(47,48)49/h2-15,19-21,31-33,35-36,50,53H,16-18,22H2,1H3. The maximum atomic E-state index is 15.4. The summed E-state index contributed by atoms with van der Waals surface area (Å²) in [4.78, 5) is 59.3. The molecule has 4 aliphatic rings. The number of nitrogens with zero attached hydrogens (tertiary/aromatic N) is 2. The molecule has 300 valence electrons. The number of amides is 4. The highest BCUT2D eigenvalue weighted by Crippen LogP contribution is 2.65. The number of carbonyl (C=O) groups excluding carboxylic acids is 4. The second-order valence-electron chi connectivity index (χ2n) is 15.0. The van der Waals surface area contributed by atoms with E-state index in [1.165, 1.54) is 0 Å². The van der Waals surface area contributed by atoms with Gasteiger partial charge in [-0.15, -0.1) is 0 Å². The number of para-hydroxylation sites is 1. The number of aliphatic hydroxyl groups excluding tert-OH is 1. The van der Waals surface area contributed by atoms with Gasteiger partial charge in [-0.3, -0.25) is 24.6 Å². The summed E-state index contributed by atoms with van der Waals surface area (Å²) in [5.41, 5.74) is -0.205. The summed E-state index contributed by atoms with van der Waals surface area (Å²) in [6.07, 6.45) is -9.07. The molecule has 15 heteroatoms. The van der Waals surface area contributed by atoms with Crippen LogP contribution in [0.1, 0.15) is 46.6 Å². The van der Waals surface area contributed by atoms with E-state index < -0.39 is 87.8 Å². The van der Waals surface area contributed by atoms with Gasteiger partial charge >= 0.3 is 12.4 Å². The predicted molar refractivity (Wildman–Crippen MR) is 197 cm³/mol. The van der Waals surface area contributed by atoms with Crippen LogP contribution < -0.4 is 15.1 Å². The molecular weight excluding hydrogens is 768 g/mol. The highest BCUT2D eigenvalue weighted by atomic mass is 19.4. The van der Waals surface area contributed by atoms with Gasteiger partial charge in [0.1, 0.15) is 12.4 Å². The maximum absolute atomic E-state index is 15.4. The molecule has 4 aromatic carbocycles. The van der Waals surface area contributed by atoms with Crippen molar-refractivity contribution in [2.45, 2.75) is 43.5 Å². The number of carbonyl (C=O) groups is 4. The Morgan fingerprint density at radius 2 is 1.43 bits per heavy atom. The number of benzene rings is 4. The number of alkyl halides is 6. The first-order chi connectivity index (χ1) is 27.6. The molecule has 2 aliphatic carbocycles. The van der Waals surface area contributed by atoms with Crippen molar-refractivity contribution in [2.75, 3.05) is 23.5 Å². The molecular formula is C43H35F6N3O6. The molecule has 0 spiro atoms. The third kappa shape index (κ3) is 6.14. The van der Waals surface area contributed by atoms with Crippen molar-refractivity contribution in [3.8, 4) is 5.75 Å². The van der Waals surface area contributed by atoms with Gasteiger partial charge < -0.3 is 9.84 Å². The summed E-state index contributed by atoms with van der Waals surface area (Å²) in [6.45, 7) is 1.38. The summed E-state index contributed by atoms with van der Waals surface area (Å²) in [6, 6.07) is 23.0. The van der Waals surface area contributed by atoms with E-state index >= 15 is 4.79 Å². The molecule has 2 aliphatic heterocycles. The van der Waals surface area contributed by atoms with Crippen LogP contribution in [0.3, 0.4) is 0 Å². The zero-order chi connectivity index (χ0) is 41.3. The third-order valence-electron chi connectivity index (χ3n) is 11.8. The Morgan fingerprint density at radius 3 is 2.07 bits per heavy atom. The summed E-state index contributed by atoms with van der Waals surface area (Å²) in [5.74, 6) is -8.68. The molecule has 58 heavy (non-hydrogen) atoms. The highest BCUT2D eigenvalue weighted by Gasteiger charge is 2.70. The number of nitrogens with one attached hydrogen (secondary N) is 1. The van der Waals surface area contributed by atoms with Crippen molar-refractivity contribution in [1.82, 2.24) is 5.01 Å². The fourth-order valence-corrected chi connectivity index (χ4v) is 9.42. The van der Waals surface area contributed by atoms with Crippen LogP contribution in [0.4, 0.5) is 37.7 Å². The van der Waals surface area contributed by atoms with Gasteiger partial charge in [0.25, 0.3) is 11.8 Å². The summed E-state index contributed by atoms with van der Waals surface area (Å²) in [7, 11) is 0. The number of rotatable bonds is 8. The van der Waals surface area contributed by atoms with E-state index in [0.29, 0.717) is 39.4 Å². The van der Waals surface area contributed by atoms with Gasteiger partial charge in [0, 0.05) is 11.5 Å². The van der Waals surface area contributed by atoms with Gasteiger partial charge in [-0.05, 0) is 67.6 Å². The number of hydrogen-bond donors (Lipinski definition) is 2. The predicted octanol–water partition coefficient (Wildman–Crippen LogP) is 7.59. The quantitative estimate of drug-likeness (QED) is 0.107. The lowest BCUT2D eigenvalue weighted by Crippen LogP contribution is -2.53. The largest absolute Gasteiger partial charge is 0.491 e. The van der Waals surface area contributed by atoms with Crippen LogP contribution in [0.2, 0.25) is 0 Å². The van der Waals surface area contributed by atoms with Crippen molar-refractivity contribution < 1.29 is 55.4 Å². The molecule has 2 heterocycles. The summed E-state index contributed by atoms with van der Waals surface area (Å²) in [5, 5.41) is 10.7. The Morgan fingerprint density at radius 1 is 0.793 bits per heavy atom. The number of allylic oxidation sites excluding steroid dienone is 2. The van der Waals surface area contributed by atoms with E-state index in [4.69, 9.17) is 4.74 Å². The number of hydrogen-bond acceptors (Lipinski definition) is 7. The van der Waals surface area contributed by atoms with Crippen LogP contribution >= 0.6 is 0 Å². The molecule has 1 saturated carbocycles. The van der Waals surface area contributed by atoms with Crippen LogP contribution in [0.5, 0.6) is 5.75 Å². The Balaban J connectivity index is 1.31. The smallest absolute Gasteiger partial charge is 0.416 e. The minimum Gasteiger partial charge on any atom is -0.491 e. The SMILES string of the molecule is Cc1ccc(NN2C(=O)C3CC4C(=CCC5C(=O)N(c6cc(C(F)(F)F)cc(C(F)(F)F)c6)C(=O)C54)C(c4ccccc4OCCO)C3(c3ccccc3)C2=O)cc1. The van der Waals surface area contributed by atoms with Crippen LogP contribution in [0.25, 0.3) is 0 Å². The molecule has 0 radical (unpaired) electrons. The van der Waals surface area contributed by atoms with Crippen molar-refractivity contribution in [1.29, 1.82) is 0 Å². The van der Waals surface area contributed by atoms with Gasteiger partial charge in [-0.1, -0.05) is 77.9 Å². The number of fused-ring (bicyclic) bond motifs is 4. The van der Waals surface area contributed by atoms with E-state index in [0.717, 1.165) is 10.6 Å². The second kappa shape index (κ2) is 14.1. The maximum Gasteiger partial charge on any atom is 0.416 e.